The molecule has 10 heteroatoms. The minimum absolute atomic E-state index is 0.0375. The van der Waals surface area contributed by atoms with E-state index in [1.165, 1.54) is 23.2 Å². The number of halogens is 3. The number of anilines is 1. The monoisotopic (exact) mass is 509 g/mol. The third-order valence-corrected chi connectivity index (χ3v) is 5.73. The van der Waals surface area contributed by atoms with E-state index in [-0.39, 0.29) is 36.2 Å². The van der Waals surface area contributed by atoms with E-state index in [4.69, 9.17) is 38.4 Å². The summed E-state index contributed by atoms with van der Waals surface area (Å²) in [6.07, 6.45) is 1.51. The minimum atomic E-state index is -1.37. The molecule has 1 fully saturated rings. The number of rotatable bonds is 4. The second-order valence-electron chi connectivity index (χ2n) is 8.96. The molecule has 1 atom stereocenters. The van der Waals surface area contributed by atoms with E-state index in [9.17, 15) is 14.3 Å². The quantitative estimate of drug-likeness (QED) is 0.466. The van der Waals surface area contributed by atoms with Gasteiger partial charge >= 0.3 is 6.09 Å². The second-order valence-corrected chi connectivity index (χ2v) is 9.75. The molecule has 1 aliphatic rings. The Morgan fingerprint density at radius 3 is 2.82 bits per heavy atom. The van der Waals surface area contributed by atoms with Crippen molar-refractivity contribution in [3.8, 4) is 17.6 Å². The summed E-state index contributed by atoms with van der Waals surface area (Å²) in [5.74, 6) is 5.55. The van der Waals surface area contributed by atoms with E-state index in [2.05, 4.69) is 16.8 Å². The van der Waals surface area contributed by atoms with Gasteiger partial charge in [0.25, 0.3) is 0 Å². The molecule has 0 spiro atoms. The number of ether oxygens (including phenoxy) is 2. The average Bonchev–Trinajstić information content (AvgIpc) is 3.15. The lowest BCUT2D eigenvalue weighted by molar-refractivity contribution is 0.0239. The number of pyridine rings is 1. The van der Waals surface area contributed by atoms with Crippen molar-refractivity contribution in [2.75, 3.05) is 25.4 Å². The van der Waals surface area contributed by atoms with Crippen LogP contribution in [0, 0.1) is 17.7 Å². The number of hydrogen-bond acceptors (Lipinski definition) is 6. The Labute approximate surface area is 208 Å². The fourth-order valence-corrected chi connectivity index (χ4v) is 3.83. The molecule has 7 nitrogen and oxygen atoms in total. The van der Waals surface area contributed by atoms with Crippen molar-refractivity contribution >= 4 is 35.1 Å². The standard InChI is InChI=1S/C24H26Cl2FN3O4/c1-23(2,3)34-22(31)30-10-9-24(32,14-30)8-6-15-12-19(21(28)29-13-15)33-11-7-16-17(25)4-5-18(27)20(16)26/h4-5,12-13,32H,7,9-11,14H2,1-3H3,(H2,28,29)/t24-/m0/s1. The maximum Gasteiger partial charge on any atom is 0.410 e. The number of nitrogen functional groups attached to an aromatic ring is 1. The van der Waals surface area contributed by atoms with Gasteiger partial charge in [-0.1, -0.05) is 35.0 Å². The van der Waals surface area contributed by atoms with Crippen molar-refractivity contribution in [2.45, 2.75) is 44.8 Å². The van der Waals surface area contributed by atoms with Crippen LogP contribution in [0.5, 0.6) is 5.75 Å². The van der Waals surface area contributed by atoms with E-state index < -0.39 is 23.1 Å². The molecule has 2 heterocycles. The van der Waals surface area contributed by atoms with Gasteiger partial charge in [0, 0.05) is 42.2 Å². The normalized spacial score (nSPS) is 17.8. The Kier molecular flexibility index (Phi) is 7.81. The van der Waals surface area contributed by atoms with Crippen molar-refractivity contribution in [1.82, 2.24) is 9.88 Å². The Hall–Kier alpha value is -2.73. The zero-order chi connectivity index (χ0) is 25.1. The van der Waals surface area contributed by atoms with Gasteiger partial charge in [-0.3, -0.25) is 0 Å². The molecular weight excluding hydrogens is 484 g/mol. The van der Waals surface area contributed by atoms with Crippen molar-refractivity contribution in [1.29, 1.82) is 0 Å². The molecule has 182 valence electrons. The number of carbonyl (C=O) groups excluding carboxylic acids is 1. The highest BCUT2D eigenvalue weighted by Crippen LogP contribution is 2.28. The van der Waals surface area contributed by atoms with Crippen LogP contribution in [0.3, 0.4) is 0 Å². The Bertz CT molecular complexity index is 1140. The van der Waals surface area contributed by atoms with Crippen LogP contribution in [-0.2, 0) is 11.2 Å². The van der Waals surface area contributed by atoms with E-state index >= 15 is 0 Å². The third kappa shape index (κ3) is 6.66. The van der Waals surface area contributed by atoms with Gasteiger partial charge in [-0.2, -0.15) is 0 Å². The van der Waals surface area contributed by atoms with Crippen LogP contribution >= 0.6 is 23.2 Å². The molecule has 3 N–H and O–H groups in total. The Morgan fingerprint density at radius 2 is 2.12 bits per heavy atom. The SMILES string of the molecule is CC(C)(C)OC(=O)N1CC[C@@](O)(C#Cc2cnc(N)c(OCCc3c(Cl)ccc(F)c3Cl)c2)C1. The van der Waals surface area contributed by atoms with E-state index in [0.29, 0.717) is 29.1 Å². The van der Waals surface area contributed by atoms with Gasteiger partial charge in [0.1, 0.15) is 17.0 Å². The number of hydrogen-bond donors (Lipinski definition) is 2. The second kappa shape index (κ2) is 10.3. The van der Waals surface area contributed by atoms with Crippen LogP contribution in [0.1, 0.15) is 38.3 Å². The molecule has 1 aliphatic heterocycles. The van der Waals surface area contributed by atoms with E-state index in [1.54, 1.807) is 26.8 Å². The largest absolute Gasteiger partial charge is 0.489 e. The molecule has 0 aliphatic carbocycles. The maximum absolute atomic E-state index is 13.7. The van der Waals surface area contributed by atoms with E-state index in [1.807, 2.05) is 0 Å². The number of amides is 1. The van der Waals surface area contributed by atoms with Gasteiger partial charge in [-0.05, 0) is 38.5 Å². The zero-order valence-electron chi connectivity index (χ0n) is 19.1. The highest BCUT2D eigenvalue weighted by molar-refractivity contribution is 6.36. The Balaban J connectivity index is 1.65. The first kappa shape index (κ1) is 25.9. The first-order valence-corrected chi connectivity index (χ1v) is 11.4. The summed E-state index contributed by atoms with van der Waals surface area (Å²) in [5, 5.41) is 11.1. The number of likely N-dealkylation sites (tertiary alicyclic amines) is 1. The number of aliphatic hydroxyl groups is 1. The highest BCUT2D eigenvalue weighted by Gasteiger charge is 2.38. The first-order valence-electron chi connectivity index (χ1n) is 10.6. The van der Waals surface area contributed by atoms with Crippen molar-refractivity contribution in [3.63, 3.8) is 0 Å². The molecular formula is C24H26Cl2FN3O4. The van der Waals surface area contributed by atoms with Crippen LogP contribution in [-0.4, -0.2) is 52.0 Å². The average molecular weight is 510 g/mol. The highest BCUT2D eigenvalue weighted by atomic mass is 35.5. The number of benzene rings is 1. The van der Waals surface area contributed by atoms with Crippen LogP contribution in [0.2, 0.25) is 10.0 Å². The molecule has 0 unspecified atom stereocenters. The summed E-state index contributed by atoms with van der Waals surface area (Å²) in [4.78, 5) is 17.7. The van der Waals surface area contributed by atoms with Gasteiger partial charge < -0.3 is 25.2 Å². The fraction of sp³-hybridized carbons (Fsp3) is 0.417. The molecule has 1 saturated heterocycles. The number of β-amino-alcohol motifs (C(OH)–C–C–N with tert-alkyl or cyclic N) is 1. The van der Waals surface area contributed by atoms with Gasteiger partial charge in [0.2, 0.25) is 0 Å². The fourth-order valence-electron chi connectivity index (χ4n) is 3.27. The zero-order valence-corrected chi connectivity index (χ0v) is 20.6. The van der Waals surface area contributed by atoms with Crippen LogP contribution in [0.4, 0.5) is 15.0 Å². The van der Waals surface area contributed by atoms with Crippen LogP contribution in [0.25, 0.3) is 0 Å². The van der Waals surface area contributed by atoms with Crippen molar-refractivity contribution < 1.29 is 23.8 Å². The molecule has 1 aromatic heterocycles. The molecule has 2 aromatic rings. The Morgan fingerprint density at radius 1 is 1.38 bits per heavy atom. The summed E-state index contributed by atoms with van der Waals surface area (Å²) in [6.45, 7) is 5.84. The topological polar surface area (TPSA) is 97.9 Å². The number of nitrogens with two attached hydrogens (primary N) is 1. The van der Waals surface area contributed by atoms with Gasteiger partial charge in [-0.25, -0.2) is 14.2 Å². The molecule has 1 aromatic carbocycles. The van der Waals surface area contributed by atoms with Crippen LogP contribution in [0.15, 0.2) is 24.4 Å². The van der Waals surface area contributed by atoms with Gasteiger partial charge in [-0.15, -0.1) is 0 Å². The van der Waals surface area contributed by atoms with Crippen LogP contribution < -0.4 is 10.5 Å². The molecule has 34 heavy (non-hydrogen) atoms. The summed E-state index contributed by atoms with van der Waals surface area (Å²) < 4.78 is 24.7. The lowest BCUT2D eigenvalue weighted by atomic mass is 10.0. The maximum atomic E-state index is 13.7. The first-order chi connectivity index (χ1) is 15.9. The lowest BCUT2D eigenvalue weighted by Gasteiger charge is -2.24. The molecule has 3 rings (SSSR count). The lowest BCUT2D eigenvalue weighted by Crippen LogP contribution is -2.38. The summed E-state index contributed by atoms with van der Waals surface area (Å²) in [5.41, 5.74) is 4.80. The van der Waals surface area contributed by atoms with Gasteiger partial charge in [0.15, 0.2) is 11.6 Å². The van der Waals surface area contributed by atoms with Gasteiger partial charge in [0.05, 0.1) is 18.2 Å². The van der Waals surface area contributed by atoms with Crippen molar-refractivity contribution in [2.24, 2.45) is 0 Å². The molecule has 1 amide bonds. The molecule has 0 radical (unpaired) electrons. The predicted molar refractivity (Wildman–Crippen MR) is 129 cm³/mol. The smallest absolute Gasteiger partial charge is 0.410 e. The number of carbonyl (C=O) groups is 1. The number of nitrogens with zero attached hydrogens (tertiary/aromatic N) is 2. The summed E-state index contributed by atoms with van der Waals surface area (Å²) in [7, 11) is 0. The summed E-state index contributed by atoms with van der Waals surface area (Å²) in [6, 6.07) is 4.22. The minimum Gasteiger partial charge on any atom is -0.489 e. The predicted octanol–water partition coefficient (Wildman–Crippen LogP) is 4.45. The van der Waals surface area contributed by atoms with Crippen molar-refractivity contribution in [3.05, 3.63) is 51.4 Å². The molecule has 0 saturated carbocycles. The summed E-state index contributed by atoms with van der Waals surface area (Å²) >= 11 is 12.1. The third-order valence-electron chi connectivity index (χ3n) is 4.97. The van der Waals surface area contributed by atoms with E-state index in [0.717, 1.165) is 0 Å². The molecule has 0 bridgehead atoms. The number of aromatic nitrogens is 1.